The number of carboxylic acids is 1. The molecule has 0 bridgehead atoms. The summed E-state index contributed by atoms with van der Waals surface area (Å²) in [6.45, 7) is 4.64. The maximum Gasteiger partial charge on any atom is 0.416 e. The Morgan fingerprint density at radius 2 is 1.79 bits per heavy atom. The van der Waals surface area contributed by atoms with Gasteiger partial charge >= 0.3 is 12.1 Å². The zero-order valence-corrected chi connectivity index (χ0v) is 14.9. The molecule has 1 N–H and O–H groups in total. The van der Waals surface area contributed by atoms with Crippen LogP contribution in [-0.2, 0) is 6.18 Å². The first kappa shape index (κ1) is 21.4. The Labute approximate surface area is 161 Å². The fraction of sp³-hybridized carbons (Fsp3) is 0.111. The van der Waals surface area contributed by atoms with E-state index < -0.39 is 35.0 Å². The second-order valence-corrected chi connectivity index (χ2v) is 5.99. The normalized spacial score (nSPS) is 12.0. The van der Waals surface area contributed by atoms with Crippen LogP contribution in [0.2, 0.25) is 5.02 Å². The van der Waals surface area contributed by atoms with Crippen molar-refractivity contribution in [2.24, 2.45) is 5.10 Å². The van der Waals surface area contributed by atoms with Gasteiger partial charge in [-0.3, -0.25) is 0 Å². The zero-order valence-electron chi connectivity index (χ0n) is 14.2. The minimum Gasteiger partial charge on any atom is -0.478 e. The van der Waals surface area contributed by atoms with Crippen LogP contribution in [0, 0.1) is 11.6 Å². The van der Waals surface area contributed by atoms with Crippen LogP contribution in [0.1, 0.15) is 28.4 Å². The molecule has 0 saturated carbocycles. The first-order chi connectivity index (χ1) is 13.0. The summed E-state index contributed by atoms with van der Waals surface area (Å²) in [5, 5.41) is 13.1. The van der Waals surface area contributed by atoms with Gasteiger partial charge < -0.3 is 5.11 Å². The van der Waals surface area contributed by atoms with Crippen molar-refractivity contribution in [2.75, 3.05) is 5.01 Å². The summed E-state index contributed by atoms with van der Waals surface area (Å²) in [6.07, 6.45) is -3.83. The first-order valence-electron chi connectivity index (χ1n) is 7.49. The van der Waals surface area contributed by atoms with Crippen LogP contribution in [0.15, 0.2) is 41.6 Å². The molecule has 0 aliphatic carbocycles. The molecule has 0 unspecified atom stereocenters. The molecule has 0 spiro atoms. The Morgan fingerprint density at radius 1 is 1.21 bits per heavy atom. The monoisotopic (exact) mass is 418 g/mol. The highest BCUT2D eigenvalue weighted by Gasteiger charge is 2.33. The van der Waals surface area contributed by atoms with E-state index >= 15 is 0 Å². The standard InChI is InChI=1S/C18H12ClF5N2O2/c1-9(10-3-4-13(19)12(5-10)17(27)28)8-26(25-2)16-14(20)6-11(7-15(16)21)18(22,23)24/h3-8H,2H2,1H3,(H,27,28)/b9-8+. The number of benzene rings is 2. The average molecular weight is 419 g/mol. The van der Waals surface area contributed by atoms with Crippen molar-refractivity contribution in [3.8, 4) is 0 Å². The number of hydrogen-bond donors (Lipinski definition) is 1. The minimum atomic E-state index is -4.92. The molecular formula is C18H12ClF5N2O2. The maximum atomic E-state index is 14.2. The van der Waals surface area contributed by atoms with E-state index in [4.69, 9.17) is 16.7 Å². The highest BCUT2D eigenvalue weighted by molar-refractivity contribution is 6.33. The predicted octanol–water partition coefficient (Wildman–Crippen LogP) is 5.82. The highest BCUT2D eigenvalue weighted by Crippen LogP contribution is 2.35. The van der Waals surface area contributed by atoms with Gasteiger partial charge in [-0.25, -0.2) is 18.6 Å². The molecule has 0 aliphatic rings. The zero-order chi connectivity index (χ0) is 21.2. The summed E-state index contributed by atoms with van der Waals surface area (Å²) in [7, 11) is 0. The summed E-state index contributed by atoms with van der Waals surface area (Å²) in [4.78, 5) is 11.2. The van der Waals surface area contributed by atoms with Gasteiger partial charge in [-0.2, -0.15) is 18.3 Å². The number of hydrogen-bond acceptors (Lipinski definition) is 3. The van der Waals surface area contributed by atoms with Gasteiger partial charge in [-0.15, -0.1) is 0 Å². The van der Waals surface area contributed by atoms with Crippen LogP contribution >= 0.6 is 11.6 Å². The Hall–Kier alpha value is -2.94. The van der Waals surface area contributed by atoms with Crippen LogP contribution in [0.25, 0.3) is 5.57 Å². The Kier molecular flexibility index (Phi) is 6.08. The lowest BCUT2D eigenvalue weighted by molar-refractivity contribution is -0.138. The summed E-state index contributed by atoms with van der Waals surface area (Å²) in [5.74, 6) is -4.27. The fourth-order valence-corrected chi connectivity index (χ4v) is 2.51. The lowest BCUT2D eigenvalue weighted by atomic mass is 10.0. The lowest BCUT2D eigenvalue weighted by Gasteiger charge is -2.18. The van der Waals surface area contributed by atoms with Gasteiger partial charge in [0.05, 0.1) is 16.1 Å². The molecule has 0 aliphatic heterocycles. The van der Waals surface area contributed by atoms with E-state index in [2.05, 4.69) is 11.8 Å². The van der Waals surface area contributed by atoms with Gasteiger partial charge in [0, 0.05) is 12.9 Å². The van der Waals surface area contributed by atoms with Crippen LogP contribution < -0.4 is 5.01 Å². The van der Waals surface area contributed by atoms with Gasteiger partial charge in [0.15, 0.2) is 11.6 Å². The van der Waals surface area contributed by atoms with Crippen molar-refractivity contribution >= 4 is 35.5 Å². The predicted molar refractivity (Wildman–Crippen MR) is 95.5 cm³/mol. The topological polar surface area (TPSA) is 52.9 Å². The van der Waals surface area contributed by atoms with Gasteiger partial charge in [0.2, 0.25) is 0 Å². The number of carbonyl (C=O) groups is 1. The molecule has 0 heterocycles. The molecular weight excluding hydrogens is 407 g/mol. The van der Waals surface area contributed by atoms with E-state index in [0.717, 1.165) is 6.20 Å². The molecule has 0 radical (unpaired) electrons. The lowest BCUT2D eigenvalue weighted by Crippen LogP contribution is -2.14. The van der Waals surface area contributed by atoms with Crippen molar-refractivity contribution in [2.45, 2.75) is 13.1 Å². The number of carboxylic acid groups (broad SMARTS) is 1. The van der Waals surface area contributed by atoms with Crippen LogP contribution in [0.4, 0.5) is 27.6 Å². The van der Waals surface area contributed by atoms with E-state index in [1.165, 1.54) is 25.1 Å². The van der Waals surface area contributed by atoms with E-state index in [0.29, 0.717) is 16.1 Å². The summed E-state index contributed by atoms with van der Waals surface area (Å²) >= 11 is 5.79. The number of nitrogens with zero attached hydrogens (tertiary/aromatic N) is 2. The first-order valence-corrected chi connectivity index (χ1v) is 7.87. The number of anilines is 1. The molecule has 0 amide bonds. The van der Waals surface area contributed by atoms with Crippen molar-refractivity contribution in [1.82, 2.24) is 0 Å². The number of aromatic carboxylic acids is 1. The molecule has 2 rings (SSSR count). The smallest absolute Gasteiger partial charge is 0.416 e. The van der Waals surface area contributed by atoms with Crippen molar-refractivity contribution in [3.63, 3.8) is 0 Å². The molecule has 28 heavy (non-hydrogen) atoms. The van der Waals surface area contributed by atoms with E-state index in [1.807, 2.05) is 0 Å². The number of hydrazone groups is 1. The molecule has 0 atom stereocenters. The number of rotatable bonds is 5. The van der Waals surface area contributed by atoms with Crippen molar-refractivity contribution in [3.05, 3.63) is 69.9 Å². The molecule has 0 fully saturated rings. The minimum absolute atomic E-state index is 0.0115. The quantitative estimate of drug-likeness (QED) is 0.378. The third-order valence-electron chi connectivity index (χ3n) is 3.69. The van der Waals surface area contributed by atoms with Gasteiger partial charge in [-0.05, 0) is 42.3 Å². The SMILES string of the molecule is C=NN(/C=C(\C)c1ccc(Cl)c(C(=O)O)c1)c1c(F)cc(C(F)(F)F)cc1F. The molecule has 148 valence electrons. The second-order valence-electron chi connectivity index (χ2n) is 5.58. The maximum absolute atomic E-state index is 14.2. The summed E-state index contributed by atoms with van der Waals surface area (Å²) < 4.78 is 66.3. The fourth-order valence-electron chi connectivity index (χ4n) is 2.32. The van der Waals surface area contributed by atoms with Crippen molar-refractivity contribution < 1.29 is 31.9 Å². The third kappa shape index (κ3) is 4.48. The summed E-state index contributed by atoms with van der Waals surface area (Å²) in [5.41, 5.74) is -1.92. The van der Waals surface area contributed by atoms with E-state index in [9.17, 15) is 26.7 Å². The average Bonchev–Trinajstić information content (AvgIpc) is 2.59. The Morgan fingerprint density at radius 3 is 2.25 bits per heavy atom. The highest BCUT2D eigenvalue weighted by atomic mass is 35.5. The Bertz CT molecular complexity index is 950. The van der Waals surface area contributed by atoms with Gasteiger partial charge in [-0.1, -0.05) is 17.7 Å². The third-order valence-corrected chi connectivity index (χ3v) is 4.02. The number of allylic oxidation sites excluding steroid dienone is 1. The van der Waals surface area contributed by atoms with Gasteiger partial charge in [0.1, 0.15) is 5.69 Å². The number of halogens is 6. The second kappa shape index (κ2) is 7.97. The Balaban J connectivity index is 2.51. The molecule has 0 saturated heterocycles. The summed E-state index contributed by atoms with van der Waals surface area (Å²) in [6, 6.07) is 4.30. The van der Waals surface area contributed by atoms with Crippen molar-refractivity contribution in [1.29, 1.82) is 0 Å². The largest absolute Gasteiger partial charge is 0.478 e. The molecule has 2 aromatic rings. The van der Waals surface area contributed by atoms with E-state index in [1.54, 1.807) is 0 Å². The van der Waals surface area contributed by atoms with Gasteiger partial charge in [0.25, 0.3) is 0 Å². The van der Waals surface area contributed by atoms with Crippen LogP contribution in [0.5, 0.6) is 0 Å². The van der Waals surface area contributed by atoms with Crippen LogP contribution in [-0.4, -0.2) is 17.8 Å². The number of alkyl halides is 3. The molecule has 2 aromatic carbocycles. The van der Waals surface area contributed by atoms with E-state index in [-0.39, 0.29) is 22.7 Å². The van der Waals surface area contributed by atoms with Crippen LogP contribution in [0.3, 0.4) is 0 Å². The molecule has 0 aromatic heterocycles. The molecule has 10 heteroatoms. The molecule has 4 nitrogen and oxygen atoms in total.